The van der Waals surface area contributed by atoms with Crippen LogP contribution < -0.4 is 20.1 Å². The lowest BCUT2D eigenvalue weighted by Crippen LogP contribution is -2.40. The molecule has 5 nitrogen and oxygen atoms in total. The smallest absolute Gasteiger partial charge is 0.269 e. The lowest BCUT2D eigenvalue weighted by atomic mass is 9.91. The van der Waals surface area contributed by atoms with E-state index in [1.165, 1.54) is 33.3 Å². The van der Waals surface area contributed by atoms with Gasteiger partial charge in [0.15, 0.2) is 5.78 Å². The number of hydrogen-bond donors (Lipinski definition) is 1. The summed E-state index contributed by atoms with van der Waals surface area (Å²) in [6, 6.07) is 3.82. The summed E-state index contributed by atoms with van der Waals surface area (Å²) >= 11 is 2.76. The Balaban J connectivity index is 2.58. The molecule has 0 bridgehead atoms. The first-order chi connectivity index (χ1) is 12.1. The molecule has 0 fully saturated rings. The van der Waals surface area contributed by atoms with E-state index in [2.05, 4.69) is 5.32 Å². The molecule has 2 rings (SSSR count). The summed E-state index contributed by atoms with van der Waals surface area (Å²) in [7, 11) is 0. The van der Waals surface area contributed by atoms with Crippen molar-refractivity contribution in [1.82, 2.24) is 9.88 Å². The Kier molecular flexibility index (Phi) is 6.36. The van der Waals surface area contributed by atoms with Gasteiger partial charge in [0.1, 0.15) is 11.2 Å². The van der Waals surface area contributed by atoms with Gasteiger partial charge < -0.3 is 5.32 Å². The number of hydrogen-bond acceptors (Lipinski definition) is 5. The van der Waals surface area contributed by atoms with Crippen molar-refractivity contribution in [1.29, 1.82) is 0 Å². The van der Waals surface area contributed by atoms with Gasteiger partial charge in [0, 0.05) is 22.4 Å². The fourth-order valence-electron chi connectivity index (χ4n) is 2.14. The number of thiophene rings is 1. The number of amides is 1. The van der Waals surface area contributed by atoms with E-state index >= 15 is 0 Å². The van der Waals surface area contributed by atoms with Gasteiger partial charge in [0.05, 0.1) is 4.53 Å². The lowest BCUT2D eigenvalue weighted by molar-refractivity contribution is -0.122. The van der Waals surface area contributed by atoms with Crippen molar-refractivity contribution < 1.29 is 9.59 Å². The highest BCUT2D eigenvalue weighted by molar-refractivity contribution is 7.11. The van der Waals surface area contributed by atoms with Gasteiger partial charge in [-0.05, 0) is 31.4 Å². The van der Waals surface area contributed by atoms with Crippen LogP contribution in [-0.4, -0.2) is 22.3 Å². The van der Waals surface area contributed by atoms with Crippen LogP contribution in [0.2, 0.25) is 0 Å². The Labute approximate surface area is 160 Å². The zero-order valence-corrected chi connectivity index (χ0v) is 17.3. The average molecular weight is 393 g/mol. The Hall–Kier alpha value is -1.99. The molecule has 0 saturated carbocycles. The molecule has 26 heavy (non-hydrogen) atoms. The number of ketones is 1. The first-order valence-electron chi connectivity index (χ1n) is 8.38. The molecule has 0 aliphatic carbocycles. The predicted molar refractivity (Wildman–Crippen MR) is 108 cm³/mol. The molecule has 140 valence electrons. The van der Waals surface area contributed by atoms with Gasteiger partial charge in [0.25, 0.3) is 5.56 Å². The molecule has 0 spiro atoms. The van der Waals surface area contributed by atoms with E-state index in [4.69, 9.17) is 0 Å². The van der Waals surface area contributed by atoms with Crippen LogP contribution in [0, 0.1) is 5.41 Å². The number of carbonyl (C=O) groups excluding carboxylic acids is 2. The van der Waals surface area contributed by atoms with Crippen molar-refractivity contribution >= 4 is 46.5 Å². The van der Waals surface area contributed by atoms with Crippen LogP contribution >= 0.6 is 22.7 Å². The third-order valence-corrected chi connectivity index (χ3v) is 5.38. The Morgan fingerprint density at radius 1 is 1.31 bits per heavy atom. The number of thiazole rings is 1. The van der Waals surface area contributed by atoms with Gasteiger partial charge in [-0.15, -0.1) is 22.7 Å². The summed E-state index contributed by atoms with van der Waals surface area (Å²) in [6.07, 6.45) is 3.27. The Morgan fingerprint density at radius 2 is 2.00 bits per heavy atom. The third-order valence-electron chi connectivity index (χ3n) is 3.50. The fraction of sp³-hybridized carbons (Fsp3) is 0.421. The van der Waals surface area contributed by atoms with Gasteiger partial charge in [-0.2, -0.15) is 0 Å². The fourth-order valence-corrected chi connectivity index (χ4v) is 3.90. The minimum absolute atomic E-state index is 0.0161. The molecule has 0 aliphatic heterocycles. The first-order valence-corrected chi connectivity index (χ1v) is 10.1. The topological polar surface area (TPSA) is 68.2 Å². The van der Waals surface area contributed by atoms with E-state index < -0.39 is 5.41 Å². The summed E-state index contributed by atoms with van der Waals surface area (Å²) in [6.45, 7) is 9.10. The largest absolute Gasteiger partial charge is 0.352 e. The van der Waals surface area contributed by atoms with E-state index in [-0.39, 0.29) is 29.8 Å². The second kappa shape index (κ2) is 8.14. The normalized spacial score (nSPS) is 13.5. The minimum atomic E-state index is -0.553. The van der Waals surface area contributed by atoms with Gasteiger partial charge in [-0.1, -0.05) is 26.8 Å². The van der Waals surface area contributed by atoms with E-state index in [9.17, 15) is 14.4 Å². The number of carbonyl (C=O) groups is 2. The Bertz CT molecular complexity index is 958. The van der Waals surface area contributed by atoms with Crippen LogP contribution in [0.15, 0.2) is 22.3 Å². The van der Waals surface area contributed by atoms with Crippen LogP contribution in [0.5, 0.6) is 0 Å². The summed E-state index contributed by atoms with van der Waals surface area (Å²) in [5.74, 6) is -0.333. The molecule has 0 unspecified atom stereocenters. The SMILES string of the molecule is CC(C)NC(=O)Cn1c(=O)/c(=C\c2cccs2)s/c1=C\C(=O)C(C)(C)C. The van der Waals surface area contributed by atoms with E-state index in [0.29, 0.717) is 9.20 Å². The Morgan fingerprint density at radius 3 is 2.54 bits per heavy atom. The summed E-state index contributed by atoms with van der Waals surface area (Å²) in [4.78, 5) is 38.3. The van der Waals surface area contributed by atoms with Crippen LogP contribution in [0.3, 0.4) is 0 Å². The van der Waals surface area contributed by atoms with Gasteiger partial charge >= 0.3 is 0 Å². The molecule has 1 amide bonds. The van der Waals surface area contributed by atoms with E-state index in [0.717, 1.165) is 4.88 Å². The van der Waals surface area contributed by atoms with Crippen molar-refractivity contribution in [3.63, 3.8) is 0 Å². The molecule has 1 N–H and O–H groups in total. The van der Waals surface area contributed by atoms with Crippen molar-refractivity contribution in [2.45, 2.75) is 47.2 Å². The standard InChI is InChI=1S/C19H24N2O3S2/c1-12(2)20-16(23)11-21-17(10-15(22)19(3,4)5)26-14(18(21)24)9-13-7-6-8-25-13/h6-10,12H,11H2,1-5H3,(H,20,23)/b14-9+,17-10-. The van der Waals surface area contributed by atoms with Crippen LogP contribution in [0.1, 0.15) is 39.5 Å². The zero-order valence-electron chi connectivity index (χ0n) is 15.7. The molecule has 0 radical (unpaired) electrons. The molecule has 2 heterocycles. The van der Waals surface area contributed by atoms with Crippen LogP contribution in [0.4, 0.5) is 0 Å². The third kappa shape index (κ3) is 5.25. The number of aromatic nitrogens is 1. The highest BCUT2D eigenvalue weighted by Gasteiger charge is 2.20. The molecule has 0 aromatic carbocycles. The van der Waals surface area contributed by atoms with Crippen molar-refractivity contribution in [2.24, 2.45) is 5.41 Å². The second-order valence-corrected chi connectivity index (χ2v) is 9.38. The van der Waals surface area contributed by atoms with E-state index in [1.807, 2.05) is 52.1 Å². The number of nitrogens with zero attached hydrogens (tertiary/aromatic N) is 1. The van der Waals surface area contributed by atoms with Crippen LogP contribution in [-0.2, 0) is 16.1 Å². The maximum absolute atomic E-state index is 12.8. The molecule has 7 heteroatoms. The second-order valence-electron chi connectivity index (χ2n) is 7.34. The number of rotatable bonds is 5. The molecular weight excluding hydrogens is 368 g/mol. The summed E-state index contributed by atoms with van der Waals surface area (Å²) in [5.41, 5.74) is -0.807. The highest BCUT2D eigenvalue weighted by Crippen LogP contribution is 2.15. The maximum Gasteiger partial charge on any atom is 0.269 e. The first kappa shape index (κ1) is 20.3. The monoisotopic (exact) mass is 392 g/mol. The summed E-state index contributed by atoms with van der Waals surface area (Å²) in [5, 5.41) is 4.72. The predicted octanol–water partition coefficient (Wildman–Crippen LogP) is 1.72. The quantitative estimate of drug-likeness (QED) is 0.842. The van der Waals surface area contributed by atoms with Crippen molar-refractivity contribution in [3.8, 4) is 0 Å². The van der Waals surface area contributed by atoms with Gasteiger partial charge in [-0.25, -0.2) is 0 Å². The molecular formula is C19H24N2O3S2. The lowest BCUT2D eigenvalue weighted by Gasteiger charge is -2.13. The highest BCUT2D eigenvalue weighted by atomic mass is 32.1. The number of nitrogens with one attached hydrogen (secondary N) is 1. The van der Waals surface area contributed by atoms with E-state index in [1.54, 1.807) is 6.08 Å². The molecule has 0 saturated heterocycles. The number of Topliss-reactive ketones (excluding diaryl/α,β-unsaturated/α-hetero) is 1. The van der Waals surface area contributed by atoms with Crippen LogP contribution in [0.25, 0.3) is 12.2 Å². The van der Waals surface area contributed by atoms with Gasteiger partial charge in [0.2, 0.25) is 5.91 Å². The molecule has 0 atom stereocenters. The molecule has 2 aromatic heterocycles. The minimum Gasteiger partial charge on any atom is -0.352 e. The zero-order chi connectivity index (χ0) is 19.5. The molecule has 0 aliphatic rings. The maximum atomic E-state index is 12.8. The van der Waals surface area contributed by atoms with Gasteiger partial charge in [-0.3, -0.25) is 19.0 Å². The van der Waals surface area contributed by atoms with Crippen molar-refractivity contribution in [2.75, 3.05) is 0 Å². The summed E-state index contributed by atoms with van der Waals surface area (Å²) < 4.78 is 2.39. The average Bonchev–Trinajstić information content (AvgIpc) is 3.10. The van der Waals surface area contributed by atoms with Crippen molar-refractivity contribution in [3.05, 3.63) is 41.9 Å². The molecule has 2 aromatic rings.